The quantitative estimate of drug-likeness (QED) is 0.815. The first kappa shape index (κ1) is 13.0. The summed E-state index contributed by atoms with van der Waals surface area (Å²) in [5.74, 6) is 0.394. The number of carbonyl (C=O) groups excluding carboxylic acids is 1. The number of amides is 2. The summed E-state index contributed by atoms with van der Waals surface area (Å²) in [5, 5.41) is 7.89. The van der Waals surface area contributed by atoms with Crippen molar-refractivity contribution in [1.82, 2.24) is 10.6 Å². The van der Waals surface area contributed by atoms with Crippen molar-refractivity contribution < 1.29 is 4.79 Å². The summed E-state index contributed by atoms with van der Waals surface area (Å²) in [4.78, 5) is 12.8. The van der Waals surface area contributed by atoms with Crippen molar-refractivity contribution in [2.24, 2.45) is 5.92 Å². The fourth-order valence-electron chi connectivity index (χ4n) is 1.47. The number of urea groups is 1. The Bertz CT molecular complexity index is 309. The van der Waals surface area contributed by atoms with Gasteiger partial charge in [-0.25, -0.2) is 4.79 Å². The molecule has 90 valence electrons. The molecule has 16 heavy (non-hydrogen) atoms. The fourth-order valence-corrected chi connectivity index (χ4v) is 2.41. The molecule has 1 atom stereocenters. The van der Waals surface area contributed by atoms with Crippen LogP contribution < -0.4 is 10.6 Å². The van der Waals surface area contributed by atoms with Gasteiger partial charge in [0.25, 0.3) is 0 Å². The second-order valence-corrected chi connectivity index (χ2v) is 5.12. The average molecular weight is 240 g/mol. The van der Waals surface area contributed by atoms with Gasteiger partial charge in [-0.1, -0.05) is 26.8 Å². The Labute approximate surface area is 101 Å². The van der Waals surface area contributed by atoms with Crippen molar-refractivity contribution in [3.8, 4) is 0 Å². The van der Waals surface area contributed by atoms with Crippen LogP contribution in [0.2, 0.25) is 0 Å². The Morgan fingerprint density at radius 1 is 1.50 bits per heavy atom. The molecule has 1 aromatic rings. The maximum atomic E-state index is 11.6. The molecule has 2 N–H and O–H groups in total. The minimum atomic E-state index is -0.0750. The molecule has 1 heterocycles. The number of hydrogen-bond donors (Lipinski definition) is 2. The molecule has 1 rings (SSSR count). The maximum absolute atomic E-state index is 11.6. The predicted molar refractivity (Wildman–Crippen MR) is 68.7 cm³/mol. The molecule has 4 heteroatoms. The Hall–Kier alpha value is -1.03. The van der Waals surface area contributed by atoms with E-state index in [4.69, 9.17) is 0 Å². The maximum Gasteiger partial charge on any atom is 0.315 e. The van der Waals surface area contributed by atoms with E-state index in [1.165, 1.54) is 4.88 Å². The third-order valence-electron chi connectivity index (χ3n) is 2.34. The summed E-state index contributed by atoms with van der Waals surface area (Å²) in [7, 11) is 0. The van der Waals surface area contributed by atoms with E-state index in [0.29, 0.717) is 5.92 Å². The first-order valence-electron chi connectivity index (χ1n) is 5.73. The lowest BCUT2D eigenvalue weighted by Gasteiger charge is -2.21. The highest BCUT2D eigenvalue weighted by Crippen LogP contribution is 2.25. The molecule has 0 aliphatic rings. The SMILES string of the molecule is CCCNC(=O)NC(c1cccs1)C(C)C. The van der Waals surface area contributed by atoms with Crippen LogP contribution in [0.3, 0.4) is 0 Å². The van der Waals surface area contributed by atoms with Gasteiger partial charge in [-0.3, -0.25) is 0 Å². The largest absolute Gasteiger partial charge is 0.338 e. The van der Waals surface area contributed by atoms with Gasteiger partial charge in [-0.15, -0.1) is 11.3 Å². The van der Waals surface area contributed by atoms with Crippen LogP contribution in [0.5, 0.6) is 0 Å². The van der Waals surface area contributed by atoms with Crippen LogP contribution in [0, 0.1) is 5.92 Å². The Morgan fingerprint density at radius 2 is 2.25 bits per heavy atom. The lowest BCUT2D eigenvalue weighted by atomic mass is 10.0. The van der Waals surface area contributed by atoms with Crippen molar-refractivity contribution in [3.05, 3.63) is 22.4 Å². The zero-order valence-electron chi connectivity index (χ0n) is 10.1. The summed E-state index contributed by atoms with van der Waals surface area (Å²) in [6, 6.07) is 4.11. The van der Waals surface area contributed by atoms with E-state index in [2.05, 4.69) is 30.5 Å². The second kappa shape index (κ2) is 6.53. The van der Waals surface area contributed by atoms with Gasteiger partial charge in [0.1, 0.15) is 0 Å². The standard InChI is InChI=1S/C12H20N2OS/c1-4-7-13-12(15)14-11(9(2)3)10-6-5-8-16-10/h5-6,8-9,11H,4,7H2,1-3H3,(H2,13,14,15). The van der Waals surface area contributed by atoms with Gasteiger partial charge in [0.15, 0.2) is 0 Å². The van der Waals surface area contributed by atoms with Gasteiger partial charge in [0.05, 0.1) is 6.04 Å². The smallest absolute Gasteiger partial charge is 0.315 e. The number of nitrogens with one attached hydrogen (secondary N) is 2. The van der Waals surface area contributed by atoms with Crippen LogP contribution in [0.1, 0.15) is 38.1 Å². The van der Waals surface area contributed by atoms with E-state index in [1.807, 2.05) is 18.4 Å². The molecule has 2 amide bonds. The topological polar surface area (TPSA) is 41.1 Å². The zero-order chi connectivity index (χ0) is 12.0. The summed E-state index contributed by atoms with van der Waals surface area (Å²) in [6.07, 6.45) is 0.957. The summed E-state index contributed by atoms with van der Waals surface area (Å²) in [6.45, 7) is 7.00. The van der Waals surface area contributed by atoms with E-state index in [9.17, 15) is 4.79 Å². The number of hydrogen-bond acceptors (Lipinski definition) is 2. The van der Waals surface area contributed by atoms with Crippen molar-refractivity contribution in [3.63, 3.8) is 0 Å². The van der Waals surface area contributed by atoms with E-state index in [-0.39, 0.29) is 12.1 Å². The van der Waals surface area contributed by atoms with Crippen molar-refractivity contribution >= 4 is 17.4 Å². The van der Waals surface area contributed by atoms with Crippen molar-refractivity contribution in [1.29, 1.82) is 0 Å². The molecule has 0 spiro atoms. The number of thiophene rings is 1. The molecule has 0 aliphatic carbocycles. The van der Waals surface area contributed by atoms with E-state index in [1.54, 1.807) is 11.3 Å². The van der Waals surface area contributed by atoms with Gasteiger partial charge in [0.2, 0.25) is 0 Å². The molecule has 1 aromatic heterocycles. The van der Waals surface area contributed by atoms with E-state index >= 15 is 0 Å². The minimum Gasteiger partial charge on any atom is -0.338 e. The van der Waals surface area contributed by atoms with Crippen LogP contribution >= 0.6 is 11.3 Å². The molecule has 0 aliphatic heterocycles. The third-order valence-corrected chi connectivity index (χ3v) is 3.29. The second-order valence-electron chi connectivity index (χ2n) is 4.14. The first-order chi connectivity index (χ1) is 7.65. The molecule has 0 bridgehead atoms. The van der Waals surface area contributed by atoms with Crippen LogP contribution in [-0.4, -0.2) is 12.6 Å². The molecule has 0 radical (unpaired) electrons. The monoisotopic (exact) mass is 240 g/mol. The molecular weight excluding hydrogens is 220 g/mol. The number of rotatable bonds is 5. The molecule has 0 aromatic carbocycles. The zero-order valence-corrected chi connectivity index (χ0v) is 10.9. The molecule has 0 saturated carbocycles. The highest BCUT2D eigenvalue weighted by atomic mass is 32.1. The molecule has 3 nitrogen and oxygen atoms in total. The highest BCUT2D eigenvalue weighted by Gasteiger charge is 2.18. The Kier molecular flexibility index (Phi) is 5.32. The van der Waals surface area contributed by atoms with Gasteiger partial charge >= 0.3 is 6.03 Å². The normalized spacial score (nSPS) is 12.5. The fraction of sp³-hybridized carbons (Fsp3) is 0.583. The van der Waals surface area contributed by atoms with Gasteiger partial charge < -0.3 is 10.6 Å². The lowest BCUT2D eigenvalue weighted by Crippen LogP contribution is -2.39. The van der Waals surface area contributed by atoms with Gasteiger partial charge in [-0.05, 0) is 23.8 Å². The van der Waals surface area contributed by atoms with Gasteiger partial charge in [-0.2, -0.15) is 0 Å². The summed E-state index contributed by atoms with van der Waals surface area (Å²) < 4.78 is 0. The third kappa shape index (κ3) is 3.85. The minimum absolute atomic E-state index is 0.0750. The van der Waals surface area contributed by atoms with Crippen LogP contribution in [0.15, 0.2) is 17.5 Å². The summed E-state index contributed by atoms with van der Waals surface area (Å²) in [5.41, 5.74) is 0. The Balaban J connectivity index is 2.56. The number of carbonyl (C=O) groups is 1. The van der Waals surface area contributed by atoms with Gasteiger partial charge in [0, 0.05) is 11.4 Å². The first-order valence-corrected chi connectivity index (χ1v) is 6.60. The lowest BCUT2D eigenvalue weighted by molar-refractivity contribution is 0.233. The molecule has 0 saturated heterocycles. The van der Waals surface area contributed by atoms with Crippen LogP contribution in [-0.2, 0) is 0 Å². The van der Waals surface area contributed by atoms with Crippen molar-refractivity contribution in [2.75, 3.05) is 6.54 Å². The van der Waals surface area contributed by atoms with Crippen LogP contribution in [0.4, 0.5) is 4.79 Å². The van der Waals surface area contributed by atoms with E-state index < -0.39 is 0 Å². The molecule has 0 fully saturated rings. The van der Waals surface area contributed by atoms with E-state index in [0.717, 1.165) is 13.0 Å². The predicted octanol–water partition coefficient (Wildman–Crippen LogP) is 3.15. The van der Waals surface area contributed by atoms with Crippen LogP contribution in [0.25, 0.3) is 0 Å². The highest BCUT2D eigenvalue weighted by molar-refractivity contribution is 7.10. The van der Waals surface area contributed by atoms with Crippen molar-refractivity contribution in [2.45, 2.75) is 33.2 Å². The Morgan fingerprint density at radius 3 is 2.75 bits per heavy atom. The summed E-state index contributed by atoms with van der Waals surface area (Å²) >= 11 is 1.68. The molecular formula is C12H20N2OS. The molecule has 1 unspecified atom stereocenters. The average Bonchev–Trinajstić information content (AvgIpc) is 2.75.